The first kappa shape index (κ1) is 11.8. The van der Waals surface area contributed by atoms with Gasteiger partial charge in [0.1, 0.15) is 0 Å². The van der Waals surface area contributed by atoms with Crippen molar-refractivity contribution in [3.8, 4) is 0 Å². The van der Waals surface area contributed by atoms with Crippen LogP contribution in [0.2, 0.25) is 0 Å². The zero-order valence-corrected chi connectivity index (χ0v) is 8.66. The van der Waals surface area contributed by atoms with Crippen LogP contribution in [0.4, 0.5) is 0 Å². The molecule has 0 aliphatic rings. The van der Waals surface area contributed by atoms with Crippen LogP contribution >= 0.6 is 8.69 Å². The molecule has 0 saturated heterocycles. The smallest absolute Gasteiger partial charge is 1.00 e. The first-order chi connectivity index (χ1) is 3.06. The van der Waals surface area contributed by atoms with Crippen LogP contribution in [0.3, 0.4) is 0 Å². The number of hydrogen-bond acceptors (Lipinski definition) is 2. The Balaban J connectivity index is -0.000000180. The summed E-state index contributed by atoms with van der Waals surface area (Å²) in [6, 6.07) is 0. The van der Waals surface area contributed by atoms with Crippen LogP contribution in [0.5, 0.6) is 0 Å². The molecule has 4 heteroatoms. The van der Waals surface area contributed by atoms with Crippen LogP contribution in [0.15, 0.2) is 0 Å². The zero-order chi connectivity index (χ0) is 5.91. The van der Waals surface area contributed by atoms with E-state index >= 15 is 0 Å². The van der Waals surface area contributed by atoms with Gasteiger partial charge in [-0.3, -0.25) is 4.52 Å². The molecule has 0 saturated carbocycles. The van der Waals surface area contributed by atoms with Gasteiger partial charge in [-0.15, -0.1) is 0 Å². The molecule has 0 fully saturated rings. The fraction of sp³-hybridized carbons (Fsp3) is 1.00. The molecular formula is C4H10NaO2P. The van der Waals surface area contributed by atoms with Gasteiger partial charge in [-0.05, 0) is 20.8 Å². The summed E-state index contributed by atoms with van der Waals surface area (Å²) in [6.45, 7) is 5.54. The molecule has 0 aromatic rings. The van der Waals surface area contributed by atoms with Crippen molar-refractivity contribution in [3.05, 3.63) is 0 Å². The average molecular weight is 144 g/mol. The third-order valence-electron chi connectivity index (χ3n) is 0.311. The van der Waals surface area contributed by atoms with Gasteiger partial charge in [0.25, 0.3) is 0 Å². The van der Waals surface area contributed by atoms with Crippen LogP contribution in [-0.2, 0) is 9.09 Å². The van der Waals surface area contributed by atoms with E-state index in [0.717, 1.165) is 0 Å². The molecule has 0 unspecified atom stereocenters. The summed E-state index contributed by atoms with van der Waals surface area (Å²) < 4.78 is 14.3. The standard InChI is InChI=1S/C4H9O2P.Na.H/c1-4(2,3)6-7-5;;/h1-3H3;;/q;+1;-1. The van der Waals surface area contributed by atoms with Gasteiger partial charge >= 0.3 is 38.2 Å². The molecule has 2 nitrogen and oxygen atoms in total. The third kappa shape index (κ3) is 10.1. The second kappa shape index (κ2) is 4.89. The van der Waals surface area contributed by atoms with Gasteiger partial charge in [0.2, 0.25) is 0 Å². The Hall–Kier alpha value is 1.06. The van der Waals surface area contributed by atoms with Gasteiger partial charge in [0, 0.05) is 0 Å². The third-order valence-corrected chi connectivity index (χ3v) is 0.933. The SMILES string of the molecule is CC(C)(C)OP=O.[H-].[Na+]. The molecule has 0 aliphatic carbocycles. The Bertz CT molecular complexity index is 73.5. The summed E-state index contributed by atoms with van der Waals surface area (Å²) in [7, 11) is -0.241. The number of hydrogen-bond donors (Lipinski definition) is 0. The van der Waals surface area contributed by atoms with Crippen LogP contribution in [0.25, 0.3) is 0 Å². The number of rotatable bonds is 1. The molecular weight excluding hydrogens is 134 g/mol. The Morgan fingerprint density at radius 3 is 1.88 bits per heavy atom. The van der Waals surface area contributed by atoms with E-state index in [4.69, 9.17) is 0 Å². The van der Waals surface area contributed by atoms with E-state index in [1.807, 2.05) is 20.8 Å². The Kier molecular flexibility index (Phi) is 7.22. The summed E-state index contributed by atoms with van der Waals surface area (Å²) in [5.41, 5.74) is -0.274. The molecule has 0 rings (SSSR count). The van der Waals surface area contributed by atoms with Crippen LogP contribution in [0.1, 0.15) is 22.2 Å². The molecule has 0 aromatic heterocycles. The van der Waals surface area contributed by atoms with E-state index < -0.39 is 0 Å². The van der Waals surface area contributed by atoms with Gasteiger partial charge < -0.3 is 1.43 Å². The molecule has 0 N–H and O–H groups in total. The Labute approximate surface area is 75.1 Å². The normalized spacial score (nSPS) is 10.9. The van der Waals surface area contributed by atoms with Crippen molar-refractivity contribution in [1.82, 2.24) is 0 Å². The Morgan fingerprint density at radius 2 is 1.88 bits per heavy atom. The monoisotopic (exact) mass is 144 g/mol. The molecule has 0 aromatic carbocycles. The summed E-state index contributed by atoms with van der Waals surface area (Å²) in [5.74, 6) is 0. The van der Waals surface area contributed by atoms with E-state index in [1.165, 1.54) is 0 Å². The predicted molar refractivity (Wildman–Crippen MR) is 29.6 cm³/mol. The molecule has 0 spiro atoms. The molecule has 8 heavy (non-hydrogen) atoms. The fourth-order valence-electron chi connectivity index (χ4n) is 0.112. The van der Waals surface area contributed by atoms with E-state index in [1.54, 1.807) is 0 Å². The van der Waals surface area contributed by atoms with Gasteiger partial charge in [0.15, 0.2) is 0 Å². The van der Waals surface area contributed by atoms with Crippen LogP contribution < -0.4 is 29.6 Å². The first-order valence-corrected chi connectivity index (χ1v) is 2.80. The molecule has 0 aliphatic heterocycles. The minimum Gasteiger partial charge on any atom is -1.00 e. The summed E-state index contributed by atoms with van der Waals surface area (Å²) in [4.78, 5) is 0. The minimum absolute atomic E-state index is 0. The van der Waals surface area contributed by atoms with Crippen molar-refractivity contribution in [2.24, 2.45) is 0 Å². The van der Waals surface area contributed by atoms with Crippen LogP contribution in [-0.4, -0.2) is 5.60 Å². The Morgan fingerprint density at radius 1 is 1.50 bits per heavy atom. The van der Waals surface area contributed by atoms with E-state index in [2.05, 4.69) is 4.52 Å². The van der Waals surface area contributed by atoms with Crippen molar-refractivity contribution in [2.75, 3.05) is 0 Å². The second-order valence-corrected chi connectivity index (χ2v) is 2.61. The second-order valence-electron chi connectivity index (χ2n) is 2.28. The van der Waals surface area contributed by atoms with Crippen molar-refractivity contribution < 1.29 is 40.1 Å². The first-order valence-electron chi connectivity index (χ1n) is 2.07. The molecule has 0 heterocycles. The minimum atomic E-state index is -0.274. The van der Waals surface area contributed by atoms with E-state index in [-0.39, 0.29) is 45.3 Å². The maximum Gasteiger partial charge on any atom is 1.00 e. The average Bonchev–Trinajstić information content (AvgIpc) is 1.30. The maximum absolute atomic E-state index is 9.70. The van der Waals surface area contributed by atoms with Gasteiger partial charge in [-0.1, -0.05) is 0 Å². The zero-order valence-electron chi connectivity index (χ0n) is 6.76. The van der Waals surface area contributed by atoms with Crippen LogP contribution in [0, 0.1) is 0 Å². The molecule has 44 valence electrons. The maximum atomic E-state index is 9.70. The van der Waals surface area contributed by atoms with Crippen molar-refractivity contribution in [2.45, 2.75) is 26.4 Å². The summed E-state index contributed by atoms with van der Waals surface area (Å²) in [5, 5.41) is 0. The van der Waals surface area contributed by atoms with Gasteiger partial charge in [0.05, 0.1) is 5.60 Å². The fourth-order valence-corrected chi connectivity index (χ4v) is 0.335. The van der Waals surface area contributed by atoms with Crippen molar-refractivity contribution in [3.63, 3.8) is 0 Å². The summed E-state index contributed by atoms with van der Waals surface area (Å²) >= 11 is 0. The quantitative estimate of drug-likeness (QED) is 0.353. The topological polar surface area (TPSA) is 26.3 Å². The molecule has 0 bridgehead atoms. The molecule has 0 amide bonds. The predicted octanol–water partition coefficient (Wildman–Crippen LogP) is -0.875. The van der Waals surface area contributed by atoms with E-state index in [9.17, 15) is 4.57 Å². The largest absolute Gasteiger partial charge is 1.00 e. The molecule has 0 atom stereocenters. The van der Waals surface area contributed by atoms with Crippen molar-refractivity contribution >= 4 is 8.69 Å². The summed E-state index contributed by atoms with van der Waals surface area (Å²) in [6.07, 6.45) is 0. The van der Waals surface area contributed by atoms with Crippen molar-refractivity contribution in [1.29, 1.82) is 0 Å². The van der Waals surface area contributed by atoms with E-state index in [0.29, 0.717) is 0 Å². The van der Waals surface area contributed by atoms with Gasteiger partial charge in [-0.25, -0.2) is 4.57 Å². The molecule has 0 radical (unpaired) electrons. The van der Waals surface area contributed by atoms with Gasteiger partial charge in [-0.2, -0.15) is 0 Å².